The van der Waals surface area contributed by atoms with E-state index in [0.29, 0.717) is 30.4 Å². The van der Waals surface area contributed by atoms with Crippen molar-refractivity contribution < 1.29 is 17.9 Å². The second kappa shape index (κ2) is 9.89. The first-order valence-electron chi connectivity index (χ1n) is 9.82. The maximum Gasteiger partial charge on any atom is 0.262 e. The number of anilines is 1. The van der Waals surface area contributed by atoms with Crippen molar-refractivity contribution in [2.45, 2.75) is 45.4 Å². The molecule has 0 bridgehead atoms. The number of rotatable bonds is 9. The second-order valence-corrected chi connectivity index (χ2v) is 9.07. The molecule has 0 spiro atoms. The van der Waals surface area contributed by atoms with Gasteiger partial charge in [-0.2, -0.15) is 4.31 Å². The Labute approximate surface area is 173 Å². The van der Waals surface area contributed by atoms with Crippen molar-refractivity contribution >= 4 is 21.6 Å². The van der Waals surface area contributed by atoms with E-state index in [0.717, 1.165) is 5.56 Å². The topological polar surface area (TPSA) is 75.7 Å². The van der Waals surface area contributed by atoms with Crippen LogP contribution in [0.4, 0.5) is 5.69 Å². The number of hydrogen-bond donors (Lipinski definition) is 1. The van der Waals surface area contributed by atoms with Gasteiger partial charge in [0.2, 0.25) is 10.0 Å². The molecule has 158 valence electrons. The lowest BCUT2D eigenvalue weighted by molar-refractivity contribution is -0.118. The smallest absolute Gasteiger partial charge is 0.262 e. The van der Waals surface area contributed by atoms with E-state index in [1.165, 1.54) is 22.0 Å². The predicted octanol–water partition coefficient (Wildman–Crippen LogP) is 4.17. The van der Waals surface area contributed by atoms with E-state index < -0.39 is 10.0 Å². The summed E-state index contributed by atoms with van der Waals surface area (Å²) < 4.78 is 32.2. The van der Waals surface area contributed by atoms with Crippen molar-refractivity contribution in [3.63, 3.8) is 0 Å². The first-order valence-corrected chi connectivity index (χ1v) is 11.3. The van der Waals surface area contributed by atoms with Gasteiger partial charge in [-0.05, 0) is 54.3 Å². The van der Waals surface area contributed by atoms with Crippen molar-refractivity contribution in [2.75, 3.05) is 25.0 Å². The number of hydrogen-bond acceptors (Lipinski definition) is 4. The van der Waals surface area contributed by atoms with Gasteiger partial charge in [-0.3, -0.25) is 4.79 Å². The van der Waals surface area contributed by atoms with Gasteiger partial charge in [-0.1, -0.05) is 39.8 Å². The van der Waals surface area contributed by atoms with E-state index in [9.17, 15) is 13.2 Å². The highest BCUT2D eigenvalue weighted by Crippen LogP contribution is 2.24. The van der Waals surface area contributed by atoms with Crippen LogP contribution in [0.5, 0.6) is 5.75 Å². The molecular weight excluding hydrogens is 388 g/mol. The number of nitrogens with one attached hydrogen (secondary N) is 1. The van der Waals surface area contributed by atoms with Crippen molar-refractivity contribution in [3.8, 4) is 5.75 Å². The maximum atomic E-state index is 12.6. The molecule has 1 N–H and O–H groups in total. The molecule has 0 saturated heterocycles. The van der Waals surface area contributed by atoms with Crippen LogP contribution in [-0.2, 0) is 14.8 Å². The third kappa shape index (κ3) is 5.81. The number of carbonyl (C=O) groups excluding carboxylic acids is 1. The fourth-order valence-corrected chi connectivity index (χ4v) is 4.68. The monoisotopic (exact) mass is 418 g/mol. The fraction of sp³-hybridized carbons (Fsp3) is 0.409. The summed E-state index contributed by atoms with van der Waals surface area (Å²) in [7, 11) is -3.58. The Morgan fingerprint density at radius 3 is 2.38 bits per heavy atom. The molecule has 7 heteroatoms. The number of ether oxygens (including phenoxy) is 1. The van der Waals surface area contributed by atoms with Crippen molar-refractivity contribution in [1.29, 1.82) is 0 Å². The van der Waals surface area contributed by atoms with Crippen LogP contribution in [-0.4, -0.2) is 38.3 Å². The van der Waals surface area contributed by atoms with Gasteiger partial charge in [0.15, 0.2) is 6.61 Å². The van der Waals surface area contributed by atoms with Crippen molar-refractivity contribution in [1.82, 2.24) is 4.31 Å². The van der Waals surface area contributed by atoms with Gasteiger partial charge < -0.3 is 10.1 Å². The van der Waals surface area contributed by atoms with Gasteiger partial charge in [0.05, 0.1) is 4.90 Å². The lowest BCUT2D eigenvalue weighted by Crippen LogP contribution is -2.30. The third-order valence-electron chi connectivity index (χ3n) is 4.69. The summed E-state index contributed by atoms with van der Waals surface area (Å²) in [5.74, 6) is 0.695. The van der Waals surface area contributed by atoms with Gasteiger partial charge in [0.1, 0.15) is 5.75 Å². The molecule has 0 heterocycles. The third-order valence-corrected chi connectivity index (χ3v) is 6.74. The minimum atomic E-state index is -3.58. The second-order valence-electron chi connectivity index (χ2n) is 7.13. The van der Waals surface area contributed by atoms with Gasteiger partial charge >= 0.3 is 0 Å². The maximum absolute atomic E-state index is 12.6. The average molecular weight is 419 g/mol. The van der Waals surface area contributed by atoms with Gasteiger partial charge in [0, 0.05) is 18.8 Å². The molecule has 0 aliphatic heterocycles. The zero-order valence-electron chi connectivity index (χ0n) is 17.7. The Hall–Kier alpha value is -2.38. The molecule has 0 radical (unpaired) electrons. The van der Waals surface area contributed by atoms with E-state index in [1.54, 1.807) is 26.0 Å². The molecule has 0 unspecified atom stereocenters. The largest absolute Gasteiger partial charge is 0.484 e. The molecule has 2 aromatic carbocycles. The number of carbonyl (C=O) groups is 1. The van der Waals surface area contributed by atoms with Gasteiger partial charge in [-0.15, -0.1) is 0 Å². The first kappa shape index (κ1) is 22.9. The Kier molecular flexibility index (Phi) is 7.81. The molecule has 6 nitrogen and oxygen atoms in total. The lowest BCUT2D eigenvalue weighted by atomic mass is 9.98. The minimum Gasteiger partial charge on any atom is -0.484 e. The predicted molar refractivity (Wildman–Crippen MR) is 116 cm³/mol. The van der Waals surface area contributed by atoms with Crippen LogP contribution in [0.15, 0.2) is 47.4 Å². The summed E-state index contributed by atoms with van der Waals surface area (Å²) in [6.07, 6.45) is 0. The Morgan fingerprint density at radius 2 is 1.79 bits per heavy atom. The highest BCUT2D eigenvalue weighted by atomic mass is 32.2. The van der Waals surface area contributed by atoms with Gasteiger partial charge in [0.25, 0.3) is 5.91 Å². The summed E-state index contributed by atoms with van der Waals surface area (Å²) in [4.78, 5) is 12.4. The van der Waals surface area contributed by atoms with Crippen molar-refractivity contribution in [3.05, 3.63) is 53.6 Å². The molecule has 0 aliphatic rings. The van der Waals surface area contributed by atoms with E-state index in [2.05, 4.69) is 19.2 Å². The van der Waals surface area contributed by atoms with Crippen LogP contribution in [0.2, 0.25) is 0 Å². The lowest BCUT2D eigenvalue weighted by Gasteiger charge is -2.19. The van der Waals surface area contributed by atoms with E-state index in [-0.39, 0.29) is 17.4 Å². The molecule has 2 rings (SSSR count). The summed E-state index contributed by atoms with van der Waals surface area (Å²) >= 11 is 0. The van der Waals surface area contributed by atoms with Gasteiger partial charge in [-0.25, -0.2) is 8.42 Å². The Bertz CT molecular complexity index is 951. The van der Waals surface area contributed by atoms with Crippen LogP contribution >= 0.6 is 0 Å². The molecule has 0 aromatic heterocycles. The van der Waals surface area contributed by atoms with Crippen LogP contribution in [0, 0.1) is 6.92 Å². The minimum absolute atomic E-state index is 0.153. The zero-order chi connectivity index (χ0) is 21.6. The molecule has 1 amide bonds. The quantitative estimate of drug-likeness (QED) is 0.663. The number of nitrogens with zero attached hydrogens (tertiary/aromatic N) is 1. The Balaban J connectivity index is 2.04. The summed E-state index contributed by atoms with van der Waals surface area (Å²) in [6.45, 7) is 10.5. The van der Waals surface area contributed by atoms with Crippen LogP contribution in [0.25, 0.3) is 0 Å². The molecule has 0 atom stereocenters. The number of amides is 1. The standard InChI is InChI=1S/C22H30N2O4S/c1-6-24(7-2)29(26,27)20-10-8-9-18(14-20)23-22(25)15-28-19-11-12-21(16(3)4)17(5)13-19/h8-14,16H,6-7,15H2,1-5H3,(H,23,25). The van der Waals surface area contributed by atoms with E-state index >= 15 is 0 Å². The Morgan fingerprint density at radius 1 is 1.10 bits per heavy atom. The normalized spacial score (nSPS) is 11.7. The molecule has 29 heavy (non-hydrogen) atoms. The van der Waals surface area contributed by atoms with Crippen molar-refractivity contribution in [2.24, 2.45) is 0 Å². The first-order chi connectivity index (χ1) is 13.7. The SMILES string of the molecule is CCN(CC)S(=O)(=O)c1cccc(NC(=O)COc2ccc(C(C)C)c(C)c2)c1. The molecule has 0 fully saturated rings. The molecule has 0 aliphatic carbocycles. The summed E-state index contributed by atoms with van der Waals surface area (Å²) in [5.41, 5.74) is 2.78. The summed E-state index contributed by atoms with van der Waals surface area (Å²) in [5, 5.41) is 2.70. The highest BCUT2D eigenvalue weighted by molar-refractivity contribution is 7.89. The fourth-order valence-electron chi connectivity index (χ4n) is 3.18. The van der Waals surface area contributed by atoms with Crippen LogP contribution in [0.3, 0.4) is 0 Å². The van der Waals surface area contributed by atoms with E-state index in [1.807, 2.05) is 25.1 Å². The highest BCUT2D eigenvalue weighted by Gasteiger charge is 2.21. The molecular formula is C22H30N2O4S. The molecule has 0 saturated carbocycles. The number of benzene rings is 2. The number of sulfonamides is 1. The van der Waals surface area contributed by atoms with Crippen LogP contribution < -0.4 is 10.1 Å². The molecule has 2 aromatic rings. The number of aryl methyl sites for hydroxylation is 1. The van der Waals surface area contributed by atoms with E-state index in [4.69, 9.17) is 4.74 Å². The summed E-state index contributed by atoms with van der Waals surface area (Å²) in [6, 6.07) is 12.0. The van der Waals surface area contributed by atoms with Crippen LogP contribution in [0.1, 0.15) is 44.7 Å². The average Bonchev–Trinajstić information content (AvgIpc) is 2.67. The zero-order valence-corrected chi connectivity index (χ0v) is 18.5.